The number of hydrogen-bond donors (Lipinski definition) is 1. The Kier molecular flexibility index (Phi) is 5.69. The van der Waals surface area contributed by atoms with Crippen LogP contribution in [-0.4, -0.2) is 39.2 Å². The molecule has 6 nitrogen and oxygen atoms in total. The lowest BCUT2D eigenvalue weighted by Crippen LogP contribution is -2.46. The summed E-state index contributed by atoms with van der Waals surface area (Å²) in [6.07, 6.45) is 3.53. The maximum Gasteiger partial charge on any atom is 0.306 e. The molecule has 36 heavy (non-hydrogen) atoms. The highest BCUT2D eigenvalue weighted by Gasteiger charge is 2.40. The topological polar surface area (TPSA) is 79.5 Å². The molecule has 1 unspecified atom stereocenters. The van der Waals surface area contributed by atoms with Crippen LogP contribution in [-0.2, 0) is 11.2 Å². The molecule has 0 radical (unpaired) electrons. The monoisotopic (exact) mass is 479 g/mol. The van der Waals surface area contributed by atoms with Crippen molar-refractivity contribution in [3.63, 3.8) is 0 Å². The first kappa shape index (κ1) is 22.7. The molecule has 3 aromatic carbocycles. The lowest BCUT2D eigenvalue weighted by molar-refractivity contribution is -0.147. The van der Waals surface area contributed by atoms with Gasteiger partial charge in [-0.3, -0.25) is 9.69 Å². The van der Waals surface area contributed by atoms with Crippen molar-refractivity contribution in [3.05, 3.63) is 83.4 Å². The zero-order valence-corrected chi connectivity index (χ0v) is 20.5. The van der Waals surface area contributed by atoms with Gasteiger partial charge in [-0.05, 0) is 85.7 Å². The number of fused-ring (bicyclic) bond motifs is 1. The van der Waals surface area contributed by atoms with Crippen molar-refractivity contribution in [2.45, 2.75) is 44.7 Å². The van der Waals surface area contributed by atoms with Crippen molar-refractivity contribution in [3.8, 4) is 34.0 Å². The number of aromatic nitrogens is 2. The fourth-order valence-corrected chi connectivity index (χ4v) is 5.73. The zero-order chi connectivity index (χ0) is 24.8. The molecule has 1 saturated carbocycles. The van der Waals surface area contributed by atoms with Gasteiger partial charge in [0, 0.05) is 23.2 Å². The molecule has 182 valence electrons. The van der Waals surface area contributed by atoms with Crippen LogP contribution < -0.4 is 0 Å². The number of benzene rings is 3. The first-order valence-corrected chi connectivity index (χ1v) is 12.6. The molecule has 1 atom stereocenters. The van der Waals surface area contributed by atoms with E-state index >= 15 is 0 Å². The minimum absolute atomic E-state index is 0.188. The van der Waals surface area contributed by atoms with Crippen molar-refractivity contribution in [2.75, 3.05) is 7.05 Å². The molecule has 1 heterocycles. The molecule has 0 bridgehead atoms. The van der Waals surface area contributed by atoms with Gasteiger partial charge in [-0.25, -0.2) is 0 Å². The SMILES string of the molecule is Cc1cc(-c2nc(-c3ccc4c(c3)CCC4N(C)[C@H]3C[C@H](C(=O)O)C3)no2)ccc1-c1ccccc1. The van der Waals surface area contributed by atoms with Gasteiger partial charge in [0.2, 0.25) is 5.82 Å². The van der Waals surface area contributed by atoms with Gasteiger partial charge in [0.15, 0.2) is 0 Å². The number of carboxylic acid groups (broad SMARTS) is 1. The average molecular weight is 480 g/mol. The van der Waals surface area contributed by atoms with Crippen molar-refractivity contribution in [1.29, 1.82) is 0 Å². The van der Waals surface area contributed by atoms with Crippen molar-refractivity contribution in [2.24, 2.45) is 5.92 Å². The highest BCUT2D eigenvalue weighted by molar-refractivity contribution is 5.72. The summed E-state index contributed by atoms with van der Waals surface area (Å²) < 4.78 is 5.65. The fourth-order valence-electron chi connectivity index (χ4n) is 5.73. The van der Waals surface area contributed by atoms with Gasteiger partial charge >= 0.3 is 5.97 Å². The van der Waals surface area contributed by atoms with E-state index in [1.165, 1.54) is 22.3 Å². The van der Waals surface area contributed by atoms with Gasteiger partial charge < -0.3 is 9.63 Å². The van der Waals surface area contributed by atoms with Crippen LogP contribution in [0.2, 0.25) is 0 Å². The van der Waals surface area contributed by atoms with Crippen LogP contribution >= 0.6 is 0 Å². The minimum Gasteiger partial charge on any atom is -0.481 e. The second kappa shape index (κ2) is 9.03. The van der Waals surface area contributed by atoms with Gasteiger partial charge in [-0.1, -0.05) is 53.7 Å². The third-order valence-electron chi connectivity index (χ3n) is 7.96. The van der Waals surface area contributed by atoms with Crippen LogP contribution in [0, 0.1) is 12.8 Å². The second-order valence-electron chi connectivity index (χ2n) is 10.1. The average Bonchev–Trinajstić information content (AvgIpc) is 3.50. The van der Waals surface area contributed by atoms with Gasteiger partial charge in [-0.2, -0.15) is 4.98 Å². The summed E-state index contributed by atoms with van der Waals surface area (Å²) in [4.78, 5) is 18.3. The van der Waals surface area contributed by atoms with Crippen LogP contribution in [0.5, 0.6) is 0 Å². The largest absolute Gasteiger partial charge is 0.481 e. The maximum atomic E-state index is 11.2. The Hall–Kier alpha value is -3.77. The first-order valence-electron chi connectivity index (χ1n) is 12.6. The summed E-state index contributed by atoms with van der Waals surface area (Å²) in [6, 6.07) is 23.7. The Balaban J connectivity index is 1.20. The normalized spacial score (nSPS) is 20.8. The van der Waals surface area contributed by atoms with E-state index in [-0.39, 0.29) is 5.92 Å². The van der Waals surface area contributed by atoms with Crippen LogP contribution in [0.4, 0.5) is 0 Å². The van der Waals surface area contributed by atoms with E-state index in [9.17, 15) is 9.90 Å². The van der Waals surface area contributed by atoms with Crippen LogP contribution in [0.15, 0.2) is 71.3 Å². The van der Waals surface area contributed by atoms with Gasteiger partial charge in [0.1, 0.15) is 0 Å². The number of nitrogens with zero attached hydrogens (tertiary/aromatic N) is 3. The van der Waals surface area contributed by atoms with Crippen molar-refractivity contribution < 1.29 is 14.4 Å². The summed E-state index contributed by atoms with van der Waals surface area (Å²) >= 11 is 0. The number of rotatable bonds is 6. The van der Waals surface area contributed by atoms with E-state index < -0.39 is 5.97 Å². The Bertz CT molecular complexity index is 1420. The van der Waals surface area contributed by atoms with Crippen LogP contribution in [0.25, 0.3) is 34.0 Å². The predicted molar refractivity (Wildman–Crippen MR) is 138 cm³/mol. The highest BCUT2D eigenvalue weighted by atomic mass is 16.5. The molecule has 6 heteroatoms. The summed E-state index contributed by atoms with van der Waals surface area (Å²) in [5, 5.41) is 13.5. The minimum atomic E-state index is -0.669. The Morgan fingerprint density at radius 3 is 2.53 bits per heavy atom. The third-order valence-corrected chi connectivity index (χ3v) is 7.96. The van der Waals surface area contributed by atoms with Crippen molar-refractivity contribution >= 4 is 5.97 Å². The maximum absolute atomic E-state index is 11.2. The molecule has 1 N–H and O–H groups in total. The molecule has 0 amide bonds. The molecule has 0 saturated heterocycles. The highest BCUT2D eigenvalue weighted by Crippen LogP contribution is 2.42. The number of aliphatic carboxylic acids is 1. The third kappa shape index (κ3) is 4.01. The molecule has 2 aliphatic carbocycles. The standard InChI is InChI=1S/C30H29N3O3/c1-18-14-22(9-11-25(18)19-6-4-3-5-7-19)29-31-28(32-36-29)21-8-12-26-20(15-21)10-13-27(26)33(2)24-16-23(17-24)30(34)35/h3-9,11-12,14-15,23-24,27H,10,13,16-17H2,1-2H3,(H,34,35)/t23-,24-,27?. The lowest BCUT2D eigenvalue weighted by atomic mass is 9.79. The summed E-state index contributed by atoms with van der Waals surface area (Å²) in [5.41, 5.74) is 8.05. The van der Waals surface area contributed by atoms with E-state index in [0.717, 1.165) is 42.4 Å². The van der Waals surface area contributed by atoms with E-state index in [4.69, 9.17) is 9.51 Å². The van der Waals surface area contributed by atoms with Gasteiger partial charge in [0.25, 0.3) is 5.89 Å². The van der Waals surface area contributed by atoms with E-state index in [1.807, 2.05) is 24.3 Å². The fraction of sp³-hybridized carbons (Fsp3) is 0.300. The quantitative estimate of drug-likeness (QED) is 0.357. The number of hydrogen-bond acceptors (Lipinski definition) is 5. The molecular weight excluding hydrogens is 450 g/mol. The first-order chi connectivity index (χ1) is 17.5. The zero-order valence-electron chi connectivity index (χ0n) is 20.5. The summed E-state index contributed by atoms with van der Waals surface area (Å²) in [7, 11) is 2.13. The van der Waals surface area contributed by atoms with Gasteiger partial charge in [0.05, 0.1) is 5.92 Å². The van der Waals surface area contributed by atoms with Gasteiger partial charge in [-0.15, -0.1) is 0 Å². The molecular formula is C30H29N3O3. The van der Waals surface area contributed by atoms with E-state index in [2.05, 4.69) is 66.5 Å². The van der Waals surface area contributed by atoms with E-state index in [1.54, 1.807) is 0 Å². The number of aryl methyl sites for hydroxylation is 2. The van der Waals surface area contributed by atoms with Crippen molar-refractivity contribution in [1.82, 2.24) is 15.0 Å². The molecule has 1 aromatic heterocycles. The summed E-state index contributed by atoms with van der Waals surface area (Å²) in [6.45, 7) is 2.10. The molecule has 0 aliphatic heterocycles. The second-order valence-corrected chi connectivity index (χ2v) is 10.1. The molecule has 1 fully saturated rings. The van der Waals surface area contributed by atoms with Crippen LogP contribution in [0.1, 0.15) is 42.0 Å². The lowest BCUT2D eigenvalue weighted by Gasteiger charge is -2.42. The molecule has 6 rings (SSSR count). The molecule has 2 aliphatic rings. The van der Waals surface area contributed by atoms with E-state index in [0.29, 0.717) is 23.8 Å². The number of carbonyl (C=O) groups is 1. The Morgan fingerprint density at radius 2 is 1.78 bits per heavy atom. The van der Waals surface area contributed by atoms with Crippen LogP contribution in [0.3, 0.4) is 0 Å². The smallest absolute Gasteiger partial charge is 0.306 e. The Labute approximate surface area is 210 Å². The Morgan fingerprint density at radius 1 is 1.00 bits per heavy atom. The number of carboxylic acids is 1. The predicted octanol–water partition coefficient (Wildman–Crippen LogP) is 6.16. The molecule has 4 aromatic rings. The summed E-state index contributed by atoms with van der Waals surface area (Å²) in [5.74, 6) is 0.255. The molecule has 0 spiro atoms.